The smallest absolute Gasteiger partial charge is 0.376 e. The second-order valence-corrected chi connectivity index (χ2v) is 7.70. The number of aryl methyl sites for hydroxylation is 1. The van der Waals surface area contributed by atoms with E-state index in [0.717, 1.165) is 11.4 Å². The molecule has 0 bridgehead atoms. The van der Waals surface area contributed by atoms with Crippen molar-refractivity contribution in [3.8, 4) is 0 Å². The summed E-state index contributed by atoms with van der Waals surface area (Å²) in [6, 6.07) is 3.88. The van der Waals surface area contributed by atoms with Crippen LogP contribution in [-0.2, 0) is 10.4 Å². The molecule has 2 aliphatic rings. The Morgan fingerprint density at radius 3 is 2.69 bits per heavy atom. The van der Waals surface area contributed by atoms with E-state index in [1.807, 2.05) is 19.1 Å². The van der Waals surface area contributed by atoms with Crippen LogP contribution >= 0.6 is 0 Å². The number of aromatic nitrogens is 3. The van der Waals surface area contributed by atoms with E-state index < -0.39 is 17.7 Å². The van der Waals surface area contributed by atoms with Gasteiger partial charge in [0, 0.05) is 37.4 Å². The second-order valence-electron chi connectivity index (χ2n) is 7.70. The van der Waals surface area contributed by atoms with Crippen LogP contribution in [-0.4, -0.2) is 52.4 Å². The highest BCUT2D eigenvalue weighted by Gasteiger charge is 2.64. The minimum absolute atomic E-state index is 0.0410. The number of carbonyl (C=O) groups is 1. The van der Waals surface area contributed by atoms with Crippen LogP contribution < -0.4 is 10.2 Å². The Bertz CT molecular complexity index is 907. The number of aromatic amines is 1. The first-order chi connectivity index (χ1) is 13.8. The molecule has 7 nitrogen and oxygen atoms in total. The lowest BCUT2D eigenvalue weighted by Gasteiger charge is -2.40. The third-order valence-corrected chi connectivity index (χ3v) is 5.93. The third kappa shape index (κ3) is 3.15. The summed E-state index contributed by atoms with van der Waals surface area (Å²) in [6.45, 7) is 2.88. The number of anilines is 2. The lowest BCUT2D eigenvalue weighted by molar-refractivity contribution is -0.281. The number of carbonyl (C=O) groups excluding carboxylic acids is 1. The predicted molar refractivity (Wildman–Crippen MR) is 99.7 cm³/mol. The van der Waals surface area contributed by atoms with Crippen molar-refractivity contribution in [2.24, 2.45) is 5.92 Å². The summed E-state index contributed by atoms with van der Waals surface area (Å²) in [5.74, 6) is -1.08. The molecule has 0 amide bonds. The summed E-state index contributed by atoms with van der Waals surface area (Å²) in [4.78, 5) is 17.8. The lowest BCUT2D eigenvalue weighted by Crippen LogP contribution is -2.54. The highest BCUT2D eigenvalue weighted by Crippen LogP contribution is 2.51. The van der Waals surface area contributed by atoms with Gasteiger partial charge in [-0.05, 0) is 37.5 Å². The van der Waals surface area contributed by atoms with Gasteiger partial charge in [-0.1, -0.05) is 0 Å². The average Bonchev–Trinajstić information content (AvgIpc) is 3.13. The van der Waals surface area contributed by atoms with Crippen molar-refractivity contribution in [3.05, 3.63) is 35.2 Å². The second kappa shape index (κ2) is 7.01. The number of hydrogen-bond acceptors (Lipinski definition) is 6. The molecule has 2 aromatic rings. The number of nitrogens with zero attached hydrogens (tertiary/aromatic N) is 3. The number of fused-ring (bicyclic) bond motifs is 1. The number of aliphatic hydroxyl groups is 1. The van der Waals surface area contributed by atoms with E-state index in [-0.39, 0.29) is 35.8 Å². The van der Waals surface area contributed by atoms with Crippen LogP contribution in [0, 0.1) is 12.8 Å². The van der Waals surface area contributed by atoms with Crippen LogP contribution in [0.15, 0.2) is 18.3 Å². The lowest BCUT2D eigenvalue weighted by atomic mass is 9.75. The summed E-state index contributed by atoms with van der Waals surface area (Å²) >= 11 is 0. The fraction of sp³-hybridized carbons (Fsp3) is 0.526. The van der Waals surface area contributed by atoms with Gasteiger partial charge >= 0.3 is 6.18 Å². The number of alkyl halides is 3. The van der Waals surface area contributed by atoms with Gasteiger partial charge in [0.2, 0.25) is 5.60 Å². The van der Waals surface area contributed by atoms with Gasteiger partial charge in [-0.2, -0.15) is 18.3 Å². The maximum atomic E-state index is 13.9. The molecule has 1 unspecified atom stereocenters. The zero-order valence-electron chi connectivity index (χ0n) is 15.8. The van der Waals surface area contributed by atoms with Crippen molar-refractivity contribution in [1.29, 1.82) is 0 Å². The van der Waals surface area contributed by atoms with Crippen LogP contribution in [0.3, 0.4) is 0 Å². The first-order valence-electron chi connectivity index (χ1n) is 9.50. The Morgan fingerprint density at radius 2 is 2.07 bits per heavy atom. The number of piperidine rings is 1. The zero-order valence-corrected chi connectivity index (χ0v) is 15.8. The maximum Gasteiger partial charge on any atom is 0.422 e. The Hall–Kier alpha value is -2.62. The van der Waals surface area contributed by atoms with E-state index in [2.05, 4.69) is 25.4 Å². The molecule has 4 heterocycles. The van der Waals surface area contributed by atoms with E-state index in [1.165, 1.54) is 0 Å². The minimum Gasteiger partial charge on any atom is -0.376 e. The van der Waals surface area contributed by atoms with Crippen LogP contribution in [0.2, 0.25) is 0 Å². The Balaban J connectivity index is 1.62. The molecule has 2 aromatic heterocycles. The molecule has 0 aromatic carbocycles. The third-order valence-electron chi connectivity index (χ3n) is 5.93. The maximum absolute atomic E-state index is 13.9. The molecule has 0 aliphatic carbocycles. The molecule has 0 spiro atoms. The number of hydrogen-bond donors (Lipinski definition) is 3. The highest BCUT2D eigenvalue weighted by molar-refractivity contribution is 5.66. The van der Waals surface area contributed by atoms with Gasteiger partial charge in [-0.15, -0.1) is 0 Å². The Labute approximate surface area is 165 Å². The quantitative estimate of drug-likeness (QED) is 0.675. The standard InChI is InChI=1S/C19H22F3N5O2/c1-11-2-5-23-14(8-11)27-6-3-12(4-7-27)16-15-17(26-25-16)24-9-13(10-28)18(15,29)19(20,21)22/h2,5,8,10,12-13,29H,3-4,6-7,9H2,1H3,(H2,24,25,26)/t13?,18-/m1/s1. The largest absolute Gasteiger partial charge is 0.422 e. The zero-order chi connectivity index (χ0) is 20.8. The van der Waals surface area contributed by atoms with Gasteiger partial charge in [0.15, 0.2) is 5.82 Å². The van der Waals surface area contributed by atoms with E-state index in [1.54, 1.807) is 6.20 Å². The molecular formula is C19H22F3N5O2. The molecule has 0 radical (unpaired) electrons. The first kappa shape index (κ1) is 19.7. The van der Waals surface area contributed by atoms with Gasteiger partial charge in [-0.3, -0.25) is 5.10 Å². The SMILES string of the molecule is Cc1ccnc(N2CCC(c3[nH]nc4c3[C@@](O)(C(F)(F)F)C(C=O)CN4)CC2)c1. The fourth-order valence-corrected chi connectivity index (χ4v) is 4.29. The number of rotatable bonds is 3. The minimum atomic E-state index is -5.00. The number of aldehydes is 1. The molecule has 156 valence electrons. The highest BCUT2D eigenvalue weighted by atomic mass is 19.4. The monoisotopic (exact) mass is 409 g/mol. The van der Waals surface area contributed by atoms with Gasteiger partial charge in [-0.25, -0.2) is 4.98 Å². The molecule has 1 saturated heterocycles. The van der Waals surface area contributed by atoms with E-state index >= 15 is 0 Å². The number of pyridine rings is 1. The van der Waals surface area contributed by atoms with Crippen LogP contribution in [0.5, 0.6) is 0 Å². The molecule has 29 heavy (non-hydrogen) atoms. The summed E-state index contributed by atoms with van der Waals surface area (Å²) in [5.41, 5.74) is -2.27. The van der Waals surface area contributed by atoms with Crippen molar-refractivity contribution >= 4 is 17.9 Å². The Morgan fingerprint density at radius 1 is 1.34 bits per heavy atom. The van der Waals surface area contributed by atoms with Crippen LogP contribution in [0.25, 0.3) is 0 Å². The predicted octanol–water partition coefficient (Wildman–Crippen LogP) is 2.49. The fourth-order valence-electron chi connectivity index (χ4n) is 4.29. The topological polar surface area (TPSA) is 94.1 Å². The number of nitrogens with one attached hydrogen (secondary N) is 2. The summed E-state index contributed by atoms with van der Waals surface area (Å²) < 4.78 is 41.7. The van der Waals surface area contributed by atoms with Crippen molar-refractivity contribution in [2.45, 2.75) is 37.5 Å². The van der Waals surface area contributed by atoms with E-state index in [0.29, 0.717) is 25.9 Å². The molecule has 3 N–H and O–H groups in total. The van der Waals surface area contributed by atoms with E-state index in [9.17, 15) is 23.1 Å². The molecular weight excluding hydrogens is 387 g/mol. The van der Waals surface area contributed by atoms with Crippen LogP contribution in [0.4, 0.5) is 24.8 Å². The molecule has 10 heteroatoms. The average molecular weight is 409 g/mol. The first-order valence-corrected chi connectivity index (χ1v) is 9.50. The normalized spacial score (nSPS) is 25.4. The molecule has 2 aliphatic heterocycles. The van der Waals surface area contributed by atoms with Gasteiger partial charge in [0.05, 0.1) is 11.5 Å². The van der Waals surface area contributed by atoms with Crippen molar-refractivity contribution in [2.75, 3.05) is 29.9 Å². The van der Waals surface area contributed by atoms with Crippen LogP contribution in [0.1, 0.15) is 35.6 Å². The van der Waals surface area contributed by atoms with Gasteiger partial charge in [0.25, 0.3) is 0 Å². The summed E-state index contributed by atoms with van der Waals surface area (Å²) in [7, 11) is 0. The number of halogens is 3. The Kier molecular flexibility index (Phi) is 4.76. The van der Waals surface area contributed by atoms with Gasteiger partial charge < -0.3 is 20.1 Å². The van der Waals surface area contributed by atoms with Crippen molar-refractivity contribution in [3.63, 3.8) is 0 Å². The van der Waals surface area contributed by atoms with Crippen molar-refractivity contribution < 1.29 is 23.1 Å². The molecule has 4 rings (SSSR count). The molecule has 2 atom stereocenters. The summed E-state index contributed by atoms with van der Waals surface area (Å²) in [6.07, 6.45) is -1.96. The van der Waals surface area contributed by atoms with Crippen molar-refractivity contribution in [1.82, 2.24) is 15.2 Å². The van der Waals surface area contributed by atoms with Gasteiger partial charge in [0.1, 0.15) is 12.1 Å². The molecule has 0 saturated carbocycles. The number of H-pyrrole nitrogens is 1. The van der Waals surface area contributed by atoms with E-state index in [4.69, 9.17) is 0 Å². The molecule has 1 fully saturated rings. The summed E-state index contributed by atoms with van der Waals surface area (Å²) in [5, 5.41) is 20.1.